The molecular formula is C48H50N2. The van der Waals surface area contributed by atoms with Crippen LogP contribution in [0.5, 0.6) is 0 Å². The Morgan fingerprint density at radius 2 is 0.960 bits per heavy atom. The van der Waals surface area contributed by atoms with E-state index in [1.165, 1.54) is 118 Å². The highest BCUT2D eigenvalue weighted by Crippen LogP contribution is 2.48. The first-order valence-electron chi connectivity index (χ1n) is 18.9. The van der Waals surface area contributed by atoms with E-state index in [1.807, 2.05) is 6.07 Å². The highest BCUT2D eigenvalue weighted by Gasteiger charge is 2.22. The Kier molecular flexibility index (Phi) is 10.5. The molecule has 2 N–H and O–H groups in total. The lowest BCUT2D eigenvalue weighted by Crippen LogP contribution is -2.12. The van der Waals surface area contributed by atoms with Gasteiger partial charge in [-0.25, -0.2) is 0 Å². The number of benzene rings is 7. The van der Waals surface area contributed by atoms with E-state index < -0.39 is 0 Å². The molecule has 7 aromatic carbocycles. The van der Waals surface area contributed by atoms with Gasteiger partial charge >= 0.3 is 0 Å². The van der Waals surface area contributed by atoms with E-state index in [-0.39, 0.29) is 0 Å². The quantitative estimate of drug-likeness (QED) is 0.0718. The molecule has 0 heterocycles. The van der Waals surface area contributed by atoms with Gasteiger partial charge in [0.2, 0.25) is 0 Å². The number of aryl methyl sites for hydroxylation is 2. The van der Waals surface area contributed by atoms with Gasteiger partial charge in [0.15, 0.2) is 0 Å². The van der Waals surface area contributed by atoms with Gasteiger partial charge in [-0.3, -0.25) is 0 Å². The number of nitrogen functional groups attached to an aromatic ring is 1. The van der Waals surface area contributed by atoms with Crippen LogP contribution in [0.1, 0.15) is 76.3 Å². The van der Waals surface area contributed by atoms with Crippen LogP contribution in [0.2, 0.25) is 0 Å². The molecule has 0 bridgehead atoms. The van der Waals surface area contributed by atoms with Crippen LogP contribution >= 0.6 is 0 Å². The Balaban J connectivity index is 1.40. The molecule has 0 fully saturated rings. The molecular weight excluding hydrogens is 605 g/mol. The van der Waals surface area contributed by atoms with Gasteiger partial charge in [0.05, 0.1) is 5.69 Å². The van der Waals surface area contributed by atoms with Crippen LogP contribution in [0.25, 0.3) is 43.4 Å². The first kappa shape index (κ1) is 33.4. The van der Waals surface area contributed by atoms with E-state index >= 15 is 0 Å². The molecule has 7 aromatic rings. The molecule has 0 spiro atoms. The predicted molar refractivity (Wildman–Crippen MR) is 219 cm³/mol. The topological polar surface area (TPSA) is 29.3 Å². The first-order valence-corrected chi connectivity index (χ1v) is 18.9. The first-order chi connectivity index (χ1) is 24.6. The third kappa shape index (κ3) is 7.12. The lowest BCUT2D eigenvalue weighted by molar-refractivity contribution is 0.667. The molecule has 7 rings (SSSR count). The second kappa shape index (κ2) is 15.6. The van der Waals surface area contributed by atoms with Crippen molar-refractivity contribution < 1.29 is 0 Å². The van der Waals surface area contributed by atoms with Crippen molar-refractivity contribution in [2.24, 2.45) is 0 Å². The zero-order valence-electron chi connectivity index (χ0n) is 29.8. The zero-order valence-corrected chi connectivity index (χ0v) is 29.8. The summed E-state index contributed by atoms with van der Waals surface area (Å²) in [6.45, 7) is 4.56. The van der Waals surface area contributed by atoms with Crippen molar-refractivity contribution in [1.82, 2.24) is 0 Å². The molecule has 0 aliphatic carbocycles. The van der Waals surface area contributed by atoms with Crippen molar-refractivity contribution in [2.75, 3.05) is 10.6 Å². The summed E-state index contributed by atoms with van der Waals surface area (Å²) in [6.07, 6.45) is 12.5. The fourth-order valence-corrected chi connectivity index (χ4v) is 7.62. The minimum atomic E-state index is 0.786. The Morgan fingerprint density at radius 3 is 1.48 bits per heavy atom. The van der Waals surface area contributed by atoms with Gasteiger partial charge in [0, 0.05) is 27.8 Å². The second-order valence-corrected chi connectivity index (χ2v) is 13.9. The van der Waals surface area contributed by atoms with Gasteiger partial charge in [-0.15, -0.1) is 0 Å². The zero-order chi connectivity index (χ0) is 34.3. The fourth-order valence-electron chi connectivity index (χ4n) is 7.62. The highest BCUT2D eigenvalue weighted by atomic mass is 15.1. The number of fused-ring (bicyclic) bond motifs is 3. The lowest BCUT2D eigenvalue weighted by atomic mass is 9.89. The number of nitrogens with two attached hydrogens (primary N) is 1. The number of nitrogens with zero attached hydrogens (tertiary/aromatic N) is 1. The summed E-state index contributed by atoms with van der Waals surface area (Å²) >= 11 is 0. The SMILES string of the molecule is CCCCCCc1ccc(N(c2ccc(CCCCCC)cc2)c2c3ccccc3c(-c3ccc4ccc(N)cc4c3)c3ccccc23)cc1. The van der Waals surface area contributed by atoms with Gasteiger partial charge in [-0.05, 0) is 112 Å². The van der Waals surface area contributed by atoms with Crippen LogP contribution in [0.4, 0.5) is 22.7 Å². The summed E-state index contributed by atoms with van der Waals surface area (Å²) in [5, 5.41) is 7.32. The molecule has 252 valence electrons. The molecule has 0 aliphatic rings. The standard InChI is InChI=1S/C48H50N2/c1-3-5-7-9-15-35-21-29-41(30-22-35)50(42-31-23-36(24-32-42)16-10-8-6-4-2)48-45-19-13-11-17-43(45)47(44-18-12-14-20-46(44)48)38-26-25-37-27-28-40(49)34-39(37)33-38/h11-14,17-34H,3-10,15-16,49H2,1-2H3. The lowest BCUT2D eigenvalue weighted by Gasteiger charge is -2.30. The predicted octanol–water partition coefficient (Wildman–Crippen LogP) is 14.1. The molecule has 0 aliphatic heterocycles. The monoisotopic (exact) mass is 654 g/mol. The maximum Gasteiger partial charge on any atom is 0.0618 e. The molecule has 0 aromatic heterocycles. The van der Waals surface area contributed by atoms with Gasteiger partial charge in [-0.1, -0.05) is 143 Å². The summed E-state index contributed by atoms with van der Waals surface area (Å²) in [5.74, 6) is 0. The van der Waals surface area contributed by atoms with Crippen LogP contribution < -0.4 is 10.6 Å². The number of hydrogen-bond acceptors (Lipinski definition) is 2. The molecule has 0 saturated carbocycles. The molecule has 2 nitrogen and oxygen atoms in total. The average molecular weight is 655 g/mol. The van der Waals surface area contributed by atoms with Crippen molar-refractivity contribution in [3.63, 3.8) is 0 Å². The molecule has 0 unspecified atom stereocenters. The van der Waals surface area contributed by atoms with Crippen molar-refractivity contribution in [1.29, 1.82) is 0 Å². The van der Waals surface area contributed by atoms with Crippen LogP contribution in [0.15, 0.2) is 133 Å². The normalized spacial score (nSPS) is 11.5. The van der Waals surface area contributed by atoms with Crippen molar-refractivity contribution >= 4 is 55.1 Å². The molecule has 2 heteroatoms. The van der Waals surface area contributed by atoms with Gasteiger partial charge in [0.25, 0.3) is 0 Å². The highest BCUT2D eigenvalue weighted by molar-refractivity contribution is 6.22. The minimum absolute atomic E-state index is 0.786. The maximum atomic E-state index is 6.24. The molecule has 0 radical (unpaired) electrons. The third-order valence-corrected chi connectivity index (χ3v) is 10.3. The Labute approximate surface area is 298 Å². The van der Waals surface area contributed by atoms with E-state index in [2.05, 4.69) is 146 Å². The molecule has 0 atom stereocenters. The number of rotatable bonds is 14. The van der Waals surface area contributed by atoms with Gasteiger partial charge in [0.1, 0.15) is 0 Å². The smallest absolute Gasteiger partial charge is 0.0618 e. The van der Waals surface area contributed by atoms with Crippen LogP contribution in [0.3, 0.4) is 0 Å². The number of unbranched alkanes of at least 4 members (excludes halogenated alkanes) is 6. The summed E-state index contributed by atoms with van der Waals surface area (Å²) < 4.78 is 0. The Hall–Kier alpha value is -5.08. The summed E-state index contributed by atoms with van der Waals surface area (Å²) in [5.41, 5.74) is 15.9. The number of anilines is 4. The van der Waals surface area contributed by atoms with E-state index in [0.717, 1.165) is 23.9 Å². The third-order valence-electron chi connectivity index (χ3n) is 10.3. The van der Waals surface area contributed by atoms with E-state index in [9.17, 15) is 0 Å². The Bertz CT molecular complexity index is 2080. The van der Waals surface area contributed by atoms with E-state index in [0.29, 0.717) is 0 Å². The second-order valence-electron chi connectivity index (χ2n) is 13.9. The van der Waals surface area contributed by atoms with Crippen LogP contribution in [0, 0.1) is 0 Å². The molecule has 0 saturated heterocycles. The number of hydrogen-bond donors (Lipinski definition) is 1. The van der Waals surface area contributed by atoms with Crippen molar-refractivity contribution in [3.05, 3.63) is 145 Å². The van der Waals surface area contributed by atoms with Gasteiger partial charge in [-0.2, -0.15) is 0 Å². The summed E-state index contributed by atoms with van der Waals surface area (Å²) in [4.78, 5) is 2.50. The summed E-state index contributed by atoms with van der Waals surface area (Å²) in [6, 6.07) is 49.6. The summed E-state index contributed by atoms with van der Waals surface area (Å²) in [7, 11) is 0. The fraction of sp³-hybridized carbons (Fsp3) is 0.250. The van der Waals surface area contributed by atoms with Crippen molar-refractivity contribution in [2.45, 2.75) is 78.1 Å². The molecule has 0 amide bonds. The van der Waals surface area contributed by atoms with E-state index in [1.54, 1.807) is 0 Å². The van der Waals surface area contributed by atoms with Crippen molar-refractivity contribution in [3.8, 4) is 11.1 Å². The minimum Gasteiger partial charge on any atom is -0.399 e. The van der Waals surface area contributed by atoms with Crippen LogP contribution in [-0.4, -0.2) is 0 Å². The molecule has 50 heavy (non-hydrogen) atoms. The maximum absolute atomic E-state index is 6.24. The van der Waals surface area contributed by atoms with Gasteiger partial charge < -0.3 is 10.6 Å². The van der Waals surface area contributed by atoms with E-state index in [4.69, 9.17) is 5.73 Å². The van der Waals surface area contributed by atoms with Crippen LogP contribution in [-0.2, 0) is 12.8 Å². The largest absolute Gasteiger partial charge is 0.399 e. The average Bonchev–Trinajstić information content (AvgIpc) is 3.16. The Morgan fingerprint density at radius 1 is 0.460 bits per heavy atom.